The van der Waals surface area contributed by atoms with Crippen LogP contribution in [-0.2, 0) is 36.7 Å². The van der Waals surface area contributed by atoms with Crippen molar-refractivity contribution in [3.63, 3.8) is 0 Å². The van der Waals surface area contributed by atoms with Crippen LogP contribution in [0.25, 0.3) is 0 Å². The first kappa shape index (κ1) is 35.6. The third-order valence-electron chi connectivity index (χ3n) is 7.73. The van der Waals surface area contributed by atoms with Crippen LogP contribution in [0.2, 0.25) is 0 Å². The van der Waals surface area contributed by atoms with Crippen LogP contribution in [0.3, 0.4) is 0 Å². The van der Waals surface area contributed by atoms with E-state index in [9.17, 15) is 29.2 Å². The van der Waals surface area contributed by atoms with Gasteiger partial charge >= 0.3 is 0 Å². The molecule has 5 atom stereocenters. The maximum atomic E-state index is 13.2. The van der Waals surface area contributed by atoms with Gasteiger partial charge in [0, 0.05) is 37.8 Å². The normalized spacial score (nSPS) is 16.7. The Morgan fingerprint density at radius 1 is 1.17 bits per heavy atom. The highest BCUT2D eigenvalue weighted by molar-refractivity contribution is 6.08. The molecule has 1 aromatic carbocycles. The van der Waals surface area contributed by atoms with E-state index in [1.165, 1.54) is 26.4 Å². The Morgan fingerprint density at radius 3 is 2.57 bits per heavy atom. The highest BCUT2D eigenvalue weighted by Crippen LogP contribution is 2.25. The highest BCUT2D eigenvalue weighted by atomic mass is 16.5. The molecule has 1 fully saturated rings. The van der Waals surface area contributed by atoms with E-state index in [0.29, 0.717) is 24.5 Å². The van der Waals surface area contributed by atoms with Crippen LogP contribution in [-0.4, -0.2) is 97.2 Å². The van der Waals surface area contributed by atoms with Crippen LogP contribution in [0.1, 0.15) is 54.9 Å². The fourth-order valence-corrected chi connectivity index (χ4v) is 5.27. The molecule has 0 spiro atoms. The smallest absolute Gasteiger partial charge is 0.255 e. The van der Waals surface area contributed by atoms with Crippen molar-refractivity contribution >= 4 is 43.6 Å². The molecule has 5 amide bonds. The molecule has 0 bridgehead atoms. The van der Waals surface area contributed by atoms with Crippen molar-refractivity contribution in [3.05, 3.63) is 53.6 Å². The van der Waals surface area contributed by atoms with E-state index < -0.39 is 41.8 Å². The molecule has 2 radical (unpaired) electrons. The Morgan fingerprint density at radius 2 is 1.91 bits per heavy atom. The summed E-state index contributed by atoms with van der Waals surface area (Å²) in [6, 6.07) is 7.41. The molecule has 1 aromatic heterocycles. The molecule has 1 saturated heterocycles. The van der Waals surface area contributed by atoms with E-state index in [4.69, 9.17) is 12.6 Å². The fraction of sp³-hybridized carbons (Fsp3) is 0.484. The fourth-order valence-electron chi connectivity index (χ4n) is 5.27. The Hall–Kier alpha value is -4.84. The molecule has 4 N–H and O–H groups in total. The molecule has 15 heteroatoms. The number of likely N-dealkylation sites (tertiary alicyclic amines) is 1. The maximum Gasteiger partial charge on any atom is 0.255 e. The number of nitrogens with zero attached hydrogens (tertiary/aromatic N) is 4. The lowest BCUT2D eigenvalue weighted by atomic mass is 9.94. The number of ether oxygens (including phenoxy) is 1. The maximum absolute atomic E-state index is 13.2. The van der Waals surface area contributed by atoms with Crippen LogP contribution in [0, 0.1) is 17.2 Å². The predicted molar refractivity (Wildman–Crippen MR) is 168 cm³/mol. The number of amides is 5. The van der Waals surface area contributed by atoms with E-state index in [-0.39, 0.29) is 36.8 Å². The van der Waals surface area contributed by atoms with Crippen molar-refractivity contribution < 1.29 is 28.7 Å². The van der Waals surface area contributed by atoms with Gasteiger partial charge in [-0.3, -0.25) is 24.0 Å². The van der Waals surface area contributed by atoms with Crippen molar-refractivity contribution in [2.45, 2.75) is 70.1 Å². The van der Waals surface area contributed by atoms with Gasteiger partial charge in [-0.2, -0.15) is 5.26 Å². The monoisotopic (exact) mass is 630 g/mol. The van der Waals surface area contributed by atoms with Gasteiger partial charge in [-0.15, -0.1) is 0 Å². The second kappa shape index (κ2) is 17.6. The van der Waals surface area contributed by atoms with Gasteiger partial charge in [0.05, 0.1) is 50.5 Å². The largest absolute Gasteiger partial charge is 0.378 e. The zero-order chi connectivity index (χ0) is 33.6. The molecule has 2 aromatic rings. The highest BCUT2D eigenvalue weighted by Gasteiger charge is 2.37. The molecule has 3 rings (SSSR count). The summed E-state index contributed by atoms with van der Waals surface area (Å²) in [6.07, 6.45) is 5.02. The zero-order valence-corrected chi connectivity index (χ0v) is 26.2. The van der Waals surface area contributed by atoms with Gasteiger partial charge in [0.2, 0.25) is 24.1 Å². The van der Waals surface area contributed by atoms with Gasteiger partial charge in [-0.1, -0.05) is 19.1 Å². The van der Waals surface area contributed by atoms with E-state index in [1.54, 1.807) is 30.0 Å². The zero-order valence-electron chi connectivity index (χ0n) is 26.2. The van der Waals surface area contributed by atoms with Crippen LogP contribution in [0.15, 0.2) is 36.7 Å². The lowest BCUT2D eigenvalue weighted by Gasteiger charge is -2.32. The molecule has 1 aliphatic rings. The second-order valence-corrected chi connectivity index (χ2v) is 11.1. The number of rotatable bonds is 16. The SMILES string of the molecule is [B]Cc1ncc(C(=O)NC(C)C(=O)NCC(=O)Nc2cccc(CC(CC#N)NC(=O)C(C)C(OC)C3CCCN3C=O)c2)cn1. The first-order valence-corrected chi connectivity index (χ1v) is 15.0. The number of benzene rings is 1. The van der Waals surface area contributed by atoms with Gasteiger partial charge in [-0.05, 0) is 50.2 Å². The third-order valence-corrected chi connectivity index (χ3v) is 7.73. The molecule has 1 aliphatic heterocycles. The molecule has 2 heterocycles. The molecular weight excluding hydrogens is 591 g/mol. The van der Waals surface area contributed by atoms with Crippen LogP contribution >= 0.6 is 0 Å². The van der Waals surface area contributed by atoms with Crippen molar-refractivity contribution in [1.29, 1.82) is 5.26 Å². The quantitative estimate of drug-likeness (QED) is 0.148. The van der Waals surface area contributed by atoms with Crippen molar-refractivity contribution in [2.24, 2.45) is 5.92 Å². The third kappa shape index (κ3) is 10.1. The number of hydrogen-bond donors (Lipinski definition) is 4. The van der Waals surface area contributed by atoms with Crippen LogP contribution < -0.4 is 21.3 Å². The van der Waals surface area contributed by atoms with E-state index in [0.717, 1.165) is 24.8 Å². The molecular formula is C31H39BN8O6. The van der Waals surface area contributed by atoms with Gasteiger partial charge in [0.25, 0.3) is 5.91 Å². The van der Waals surface area contributed by atoms with E-state index >= 15 is 0 Å². The van der Waals surface area contributed by atoms with Crippen LogP contribution in [0.4, 0.5) is 5.69 Å². The minimum Gasteiger partial charge on any atom is -0.378 e. The number of anilines is 1. The average molecular weight is 631 g/mol. The summed E-state index contributed by atoms with van der Waals surface area (Å²) in [6.45, 7) is 3.50. The van der Waals surface area contributed by atoms with Crippen molar-refractivity contribution in [2.75, 3.05) is 25.5 Å². The predicted octanol–water partition coefficient (Wildman–Crippen LogP) is 0.231. The topological polar surface area (TPSA) is 196 Å². The molecule has 5 unspecified atom stereocenters. The van der Waals surface area contributed by atoms with Gasteiger partial charge in [0.1, 0.15) is 11.9 Å². The van der Waals surface area contributed by atoms with Crippen molar-refractivity contribution in [3.8, 4) is 6.07 Å². The second-order valence-electron chi connectivity index (χ2n) is 11.1. The minimum absolute atomic E-state index is 0.0589. The number of nitrogens with one attached hydrogen (secondary N) is 4. The summed E-state index contributed by atoms with van der Waals surface area (Å²) in [5, 5.41) is 20.1. The van der Waals surface area contributed by atoms with Crippen molar-refractivity contribution in [1.82, 2.24) is 30.8 Å². The Kier molecular flexibility index (Phi) is 13.6. The minimum atomic E-state index is -0.936. The molecule has 14 nitrogen and oxygen atoms in total. The summed E-state index contributed by atoms with van der Waals surface area (Å²) < 4.78 is 5.63. The summed E-state index contributed by atoms with van der Waals surface area (Å²) in [7, 11) is 6.97. The molecule has 46 heavy (non-hydrogen) atoms. The Labute approximate surface area is 269 Å². The number of nitriles is 1. The lowest BCUT2D eigenvalue weighted by molar-refractivity contribution is -0.134. The first-order chi connectivity index (χ1) is 22.1. The number of aromatic nitrogens is 2. The number of methoxy groups -OCH3 is 1. The molecule has 0 saturated carbocycles. The standard InChI is InChI=1S/C31H39BN8O6/c1-19(28(46-3)25-8-5-11-40(25)18-41)29(43)39-24(9-10-33)13-21-6-4-7-23(12-21)38-27(42)17-36-30(44)20(2)37-31(45)22-15-34-26(14-32)35-16-22/h4,6-7,12,15-16,18-20,24-25,28H,5,8-9,11,13-14,17H2,1-3H3,(H,36,44)(H,37,45)(H,38,42)(H,39,43). The summed E-state index contributed by atoms with van der Waals surface area (Å²) in [5.41, 5.74) is 1.39. The Balaban J connectivity index is 1.51. The molecule has 242 valence electrons. The first-order valence-electron chi connectivity index (χ1n) is 15.0. The molecule has 0 aliphatic carbocycles. The number of carbonyl (C=O) groups is 5. The Bertz CT molecular complexity index is 1420. The van der Waals surface area contributed by atoms with E-state index in [2.05, 4.69) is 37.3 Å². The summed E-state index contributed by atoms with van der Waals surface area (Å²) in [4.78, 5) is 71.6. The van der Waals surface area contributed by atoms with E-state index in [1.807, 2.05) is 6.07 Å². The summed E-state index contributed by atoms with van der Waals surface area (Å²) >= 11 is 0. The van der Waals surface area contributed by atoms with Gasteiger partial charge < -0.3 is 30.9 Å². The lowest BCUT2D eigenvalue weighted by Crippen LogP contribution is -2.49. The summed E-state index contributed by atoms with van der Waals surface area (Å²) in [5.74, 6) is -2.08. The van der Waals surface area contributed by atoms with Crippen LogP contribution in [0.5, 0.6) is 0 Å². The average Bonchev–Trinajstić information content (AvgIpc) is 3.52. The number of carbonyl (C=O) groups excluding carboxylic acids is 5. The number of hydrogen-bond acceptors (Lipinski definition) is 9. The van der Waals surface area contributed by atoms with Gasteiger partial charge in [0.15, 0.2) is 0 Å². The van der Waals surface area contributed by atoms with Gasteiger partial charge in [-0.25, -0.2) is 9.97 Å².